The van der Waals surface area contributed by atoms with Gasteiger partial charge < -0.3 is 9.84 Å². The molecule has 0 aromatic heterocycles. The van der Waals surface area contributed by atoms with Gasteiger partial charge in [-0.05, 0) is 25.1 Å². The number of rotatable bonds is 4. The number of ether oxygens (including phenoxy) is 1. The minimum atomic E-state index is -1.24. The third-order valence-electron chi connectivity index (χ3n) is 2.70. The number of carboxylic acids is 1. The minimum absolute atomic E-state index is 0.0956. The summed E-state index contributed by atoms with van der Waals surface area (Å²) in [4.78, 5) is 21.3. The van der Waals surface area contributed by atoms with Crippen LogP contribution in [-0.4, -0.2) is 16.0 Å². The van der Waals surface area contributed by atoms with E-state index in [9.17, 15) is 19.3 Å². The third-order valence-corrected chi connectivity index (χ3v) is 2.70. The molecule has 0 saturated heterocycles. The van der Waals surface area contributed by atoms with Gasteiger partial charge in [0.1, 0.15) is 17.1 Å². The number of aromatic carboxylic acids is 1. The van der Waals surface area contributed by atoms with Gasteiger partial charge in [-0.2, -0.15) is 0 Å². The van der Waals surface area contributed by atoms with Crippen LogP contribution >= 0.6 is 0 Å². The molecule has 0 aliphatic heterocycles. The maximum Gasteiger partial charge on any atom is 0.339 e. The van der Waals surface area contributed by atoms with Gasteiger partial charge >= 0.3 is 11.7 Å². The molecular weight excluding hydrogens is 281 g/mol. The number of nitrogens with zero attached hydrogens (tertiary/aromatic N) is 1. The highest BCUT2D eigenvalue weighted by Crippen LogP contribution is 2.33. The molecule has 6 nitrogen and oxygen atoms in total. The molecule has 0 spiro atoms. The molecule has 0 aliphatic rings. The first-order valence-electron chi connectivity index (χ1n) is 5.84. The van der Waals surface area contributed by atoms with Crippen molar-refractivity contribution in [1.29, 1.82) is 0 Å². The van der Waals surface area contributed by atoms with Crippen molar-refractivity contribution in [3.63, 3.8) is 0 Å². The van der Waals surface area contributed by atoms with Crippen molar-refractivity contribution in [2.75, 3.05) is 0 Å². The SMILES string of the molecule is Cc1ccc(Oc2cc(F)ccc2[N+](=O)[O-])c(C(=O)O)c1. The third kappa shape index (κ3) is 3.14. The number of nitro benzene ring substituents is 1. The lowest BCUT2D eigenvalue weighted by atomic mass is 10.1. The number of aryl methyl sites for hydroxylation is 1. The maximum atomic E-state index is 13.2. The van der Waals surface area contributed by atoms with Gasteiger partial charge in [0, 0.05) is 12.1 Å². The summed E-state index contributed by atoms with van der Waals surface area (Å²) in [7, 11) is 0. The number of halogens is 1. The van der Waals surface area contributed by atoms with Crippen LogP contribution in [0.5, 0.6) is 11.5 Å². The van der Waals surface area contributed by atoms with E-state index in [1.54, 1.807) is 13.0 Å². The van der Waals surface area contributed by atoms with Gasteiger partial charge in [-0.25, -0.2) is 9.18 Å². The second-order valence-corrected chi connectivity index (χ2v) is 4.28. The number of carboxylic acid groups (broad SMARTS) is 1. The van der Waals surface area contributed by atoms with Crippen LogP contribution in [0.2, 0.25) is 0 Å². The minimum Gasteiger partial charge on any atom is -0.478 e. The quantitative estimate of drug-likeness (QED) is 0.687. The summed E-state index contributed by atoms with van der Waals surface area (Å²) >= 11 is 0. The molecule has 0 amide bonds. The maximum absolute atomic E-state index is 13.2. The fraction of sp³-hybridized carbons (Fsp3) is 0.0714. The highest BCUT2D eigenvalue weighted by molar-refractivity contribution is 5.91. The monoisotopic (exact) mass is 291 g/mol. The Labute approximate surface area is 118 Å². The average Bonchev–Trinajstić information content (AvgIpc) is 2.40. The molecule has 108 valence electrons. The molecule has 2 rings (SSSR count). The topological polar surface area (TPSA) is 89.7 Å². The van der Waals surface area contributed by atoms with Gasteiger partial charge in [0.15, 0.2) is 0 Å². The Bertz CT molecular complexity index is 729. The highest BCUT2D eigenvalue weighted by atomic mass is 19.1. The van der Waals surface area contributed by atoms with E-state index in [2.05, 4.69) is 0 Å². The summed E-state index contributed by atoms with van der Waals surface area (Å²) in [6, 6.07) is 7.05. The van der Waals surface area contributed by atoms with Crippen molar-refractivity contribution in [2.24, 2.45) is 0 Å². The zero-order valence-corrected chi connectivity index (χ0v) is 10.9. The number of hydrogen-bond acceptors (Lipinski definition) is 4. The molecule has 2 aromatic rings. The lowest BCUT2D eigenvalue weighted by Gasteiger charge is -2.09. The first-order chi connectivity index (χ1) is 9.88. The molecular formula is C14H10FNO5. The zero-order valence-electron chi connectivity index (χ0n) is 10.9. The van der Waals surface area contributed by atoms with E-state index >= 15 is 0 Å². The Kier molecular flexibility index (Phi) is 3.84. The first-order valence-corrected chi connectivity index (χ1v) is 5.84. The molecule has 0 fully saturated rings. The van der Waals surface area contributed by atoms with Crippen molar-refractivity contribution in [2.45, 2.75) is 6.92 Å². The summed E-state index contributed by atoms with van der Waals surface area (Å²) in [6.45, 7) is 1.70. The summed E-state index contributed by atoms with van der Waals surface area (Å²) in [5.74, 6) is -2.42. The summed E-state index contributed by atoms with van der Waals surface area (Å²) in [5, 5.41) is 20.0. The molecule has 0 unspecified atom stereocenters. The molecule has 0 saturated carbocycles. The lowest BCUT2D eigenvalue weighted by Crippen LogP contribution is -2.02. The molecule has 7 heteroatoms. The molecule has 0 atom stereocenters. The Hall–Kier alpha value is -2.96. The smallest absolute Gasteiger partial charge is 0.339 e. The second kappa shape index (κ2) is 5.58. The normalized spacial score (nSPS) is 10.2. The van der Waals surface area contributed by atoms with E-state index in [0.717, 1.165) is 18.2 Å². The molecule has 0 radical (unpaired) electrons. The van der Waals surface area contributed by atoms with E-state index < -0.39 is 22.4 Å². The van der Waals surface area contributed by atoms with Gasteiger partial charge in [0.05, 0.1) is 4.92 Å². The van der Waals surface area contributed by atoms with Crippen LogP contribution in [0.15, 0.2) is 36.4 Å². The van der Waals surface area contributed by atoms with Crippen molar-refractivity contribution >= 4 is 11.7 Å². The predicted molar refractivity (Wildman–Crippen MR) is 71.3 cm³/mol. The molecule has 0 bridgehead atoms. The van der Waals surface area contributed by atoms with Gasteiger partial charge in [-0.1, -0.05) is 11.6 Å². The molecule has 2 aromatic carbocycles. The molecule has 21 heavy (non-hydrogen) atoms. The van der Waals surface area contributed by atoms with Crippen LogP contribution < -0.4 is 4.74 Å². The van der Waals surface area contributed by atoms with Gasteiger partial charge in [-0.15, -0.1) is 0 Å². The standard InChI is InChI=1S/C14H10FNO5/c1-8-2-5-12(10(6-8)14(17)18)21-13-7-9(15)3-4-11(13)16(19)20/h2-7H,1H3,(H,17,18). The van der Waals surface area contributed by atoms with Crippen molar-refractivity contribution in [1.82, 2.24) is 0 Å². The van der Waals surface area contributed by atoms with E-state index in [4.69, 9.17) is 9.84 Å². The molecule has 0 aliphatic carbocycles. The molecule has 1 N–H and O–H groups in total. The second-order valence-electron chi connectivity index (χ2n) is 4.28. The predicted octanol–water partition coefficient (Wildman–Crippen LogP) is 3.53. The average molecular weight is 291 g/mol. The summed E-state index contributed by atoms with van der Waals surface area (Å²) in [5.41, 5.74) is 0.0790. The number of nitro groups is 1. The Morgan fingerprint density at radius 3 is 2.57 bits per heavy atom. The van der Waals surface area contributed by atoms with Gasteiger partial charge in [-0.3, -0.25) is 10.1 Å². The van der Waals surface area contributed by atoms with Crippen LogP contribution in [0, 0.1) is 22.9 Å². The van der Waals surface area contributed by atoms with E-state index in [-0.39, 0.29) is 17.1 Å². The van der Waals surface area contributed by atoms with Crippen LogP contribution in [0.3, 0.4) is 0 Å². The fourth-order valence-corrected chi connectivity index (χ4v) is 1.74. The Balaban J connectivity index is 2.50. The number of benzene rings is 2. The van der Waals surface area contributed by atoms with Crippen LogP contribution in [0.4, 0.5) is 10.1 Å². The number of carbonyl (C=O) groups is 1. The van der Waals surface area contributed by atoms with E-state index in [1.165, 1.54) is 12.1 Å². The van der Waals surface area contributed by atoms with Crippen molar-refractivity contribution < 1.29 is 24.0 Å². The lowest BCUT2D eigenvalue weighted by molar-refractivity contribution is -0.385. The highest BCUT2D eigenvalue weighted by Gasteiger charge is 2.19. The van der Waals surface area contributed by atoms with E-state index in [0.29, 0.717) is 5.56 Å². The van der Waals surface area contributed by atoms with Crippen LogP contribution in [0.25, 0.3) is 0 Å². The zero-order chi connectivity index (χ0) is 15.6. The Morgan fingerprint density at radius 2 is 1.95 bits per heavy atom. The Morgan fingerprint density at radius 1 is 1.24 bits per heavy atom. The van der Waals surface area contributed by atoms with Crippen LogP contribution in [0.1, 0.15) is 15.9 Å². The van der Waals surface area contributed by atoms with Gasteiger partial charge in [0.25, 0.3) is 0 Å². The largest absolute Gasteiger partial charge is 0.478 e. The molecule has 0 heterocycles. The number of hydrogen-bond donors (Lipinski definition) is 1. The fourth-order valence-electron chi connectivity index (χ4n) is 1.74. The van der Waals surface area contributed by atoms with E-state index in [1.807, 2.05) is 0 Å². The summed E-state index contributed by atoms with van der Waals surface area (Å²) in [6.07, 6.45) is 0. The van der Waals surface area contributed by atoms with Gasteiger partial charge in [0.2, 0.25) is 5.75 Å². The van der Waals surface area contributed by atoms with Crippen molar-refractivity contribution in [3.8, 4) is 11.5 Å². The van der Waals surface area contributed by atoms with Crippen molar-refractivity contribution in [3.05, 3.63) is 63.5 Å². The van der Waals surface area contributed by atoms with Crippen LogP contribution in [-0.2, 0) is 0 Å². The first kappa shape index (κ1) is 14.4. The summed E-state index contributed by atoms with van der Waals surface area (Å²) < 4.78 is 18.5.